The first-order valence-corrected chi connectivity index (χ1v) is 9.91. The van der Waals surface area contributed by atoms with Gasteiger partial charge in [0.1, 0.15) is 5.69 Å². The van der Waals surface area contributed by atoms with Gasteiger partial charge in [-0.3, -0.25) is 14.7 Å². The number of carbonyl (C=O) groups excluding carboxylic acids is 1. The van der Waals surface area contributed by atoms with Crippen LogP contribution in [-0.2, 0) is 17.4 Å². The number of amides is 1. The van der Waals surface area contributed by atoms with Crippen LogP contribution in [0.2, 0.25) is 5.28 Å². The summed E-state index contributed by atoms with van der Waals surface area (Å²) in [5, 5.41) is -0.492. The molecule has 1 fully saturated rings. The Morgan fingerprint density at radius 2 is 1.77 bits per heavy atom. The maximum atomic E-state index is 12.9. The van der Waals surface area contributed by atoms with Gasteiger partial charge in [-0.1, -0.05) is 0 Å². The number of hydrogen-bond donors (Lipinski definition) is 0. The number of carbonyl (C=O) groups is 1. The molecule has 2 aromatic heterocycles. The largest absolute Gasteiger partial charge is 0.433 e. The molecule has 0 atom stereocenters. The smallest absolute Gasteiger partial charge is 0.340 e. The molecule has 0 bridgehead atoms. The molecular weight excluding hydrogens is 419 g/mol. The monoisotopic (exact) mass is 441 g/mol. The lowest BCUT2D eigenvalue weighted by Gasteiger charge is -2.42. The molecule has 30 heavy (non-hydrogen) atoms. The van der Waals surface area contributed by atoms with E-state index in [0.717, 1.165) is 19.2 Å². The predicted octanol–water partition coefficient (Wildman–Crippen LogP) is 3.70. The normalized spacial score (nSPS) is 16.0. The van der Waals surface area contributed by atoms with Crippen molar-refractivity contribution in [2.75, 3.05) is 26.2 Å². The average Bonchev–Trinajstić information content (AvgIpc) is 2.67. The van der Waals surface area contributed by atoms with Crippen molar-refractivity contribution >= 4 is 17.5 Å². The maximum absolute atomic E-state index is 12.9. The van der Waals surface area contributed by atoms with Gasteiger partial charge in [0, 0.05) is 49.2 Å². The van der Waals surface area contributed by atoms with E-state index in [4.69, 9.17) is 11.6 Å². The van der Waals surface area contributed by atoms with Crippen LogP contribution in [0.5, 0.6) is 0 Å². The van der Waals surface area contributed by atoms with Crippen molar-refractivity contribution in [1.29, 1.82) is 0 Å². The molecule has 10 heteroatoms. The topological polar surface area (TPSA) is 62.2 Å². The maximum Gasteiger partial charge on any atom is 0.433 e. The van der Waals surface area contributed by atoms with Crippen LogP contribution in [0.4, 0.5) is 13.2 Å². The van der Waals surface area contributed by atoms with Crippen molar-refractivity contribution in [3.8, 4) is 11.3 Å². The zero-order chi connectivity index (χ0) is 22.1. The third kappa shape index (κ3) is 5.46. The van der Waals surface area contributed by atoms with E-state index in [9.17, 15) is 18.0 Å². The summed E-state index contributed by atoms with van der Waals surface area (Å²) in [4.78, 5) is 28.0. The molecule has 3 heterocycles. The molecule has 0 saturated carbocycles. The Balaban J connectivity index is 1.66. The number of hydrogen-bond acceptors (Lipinski definition) is 5. The lowest BCUT2D eigenvalue weighted by atomic mass is 10.0. The highest BCUT2D eigenvalue weighted by molar-refractivity contribution is 6.28. The molecule has 6 nitrogen and oxygen atoms in total. The molecule has 0 aliphatic carbocycles. The third-order valence-electron chi connectivity index (χ3n) is 5.02. The van der Waals surface area contributed by atoms with E-state index < -0.39 is 17.2 Å². The van der Waals surface area contributed by atoms with Gasteiger partial charge in [-0.2, -0.15) is 13.2 Å². The van der Waals surface area contributed by atoms with Crippen molar-refractivity contribution in [1.82, 2.24) is 24.8 Å². The Bertz CT molecular complexity index is 904. The molecular formula is C20H23ClF3N5O. The van der Waals surface area contributed by atoms with Gasteiger partial charge >= 0.3 is 6.18 Å². The van der Waals surface area contributed by atoms with Gasteiger partial charge in [-0.15, -0.1) is 0 Å². The Morgan fingerprint density at radius 3 is 2.30 bits per heavy atom. The number of aromatic nitrogens is 3. The van der Waals surface area contributed by atoms with Crippen LogP contribution in [0.3, 0.4) is 0 Å². The van der Waals surface area contributed by atoms with Crippen molar-refractivity contribution in [2.24, 2.45) is 0 Å². The summed E-state index contributed by atoms with van der Waals surface area (Å²) < 4.78 is 38.8. The molecule has 0 radical (unpaired) electrons. The number of nitrogens with zero attached hydrogens (tertiary/aromatic N) is 5. The molecule has 0 aromatic carbocycles. The SMILES string of the molecule is CC(C)(C)N1CCN(C(=O)Cc2ccc(-c3cc(C(F)(F)F)nc(Cl)n3)cn2)CC1. The number of pyridine rings is 1. The molecule has 0 spiro atoms. The molecule has 0 unspecified atom stereocenters. The second-order valence-corrected chi connectivity index (χ2v) is 8.50. The summed E-state index contributed by atoms with van der Waals surface area (Å²) in [6.07, 6.45) is -3.11. The van der Waals surface area contributed by atoms with Gasteiger partial charge in [0.05, 0.1) is 12.1 Å². The second-order valence-electron chi connectivity index (χ2n) is 8.16. The van der Waals surface area contributed by atoms with Crippen LogP contribution >= 0.6 is 11.6 Å². The minimum Gasteiger partial charge on any atom is -0.340 e. The number of piperazine rings is 1. The molecule has 162 valence electrons. The average molecular weight is 442 g/mol. The Kier molecular flexibility index (Phi) is 6.33. The van der Waals surface area contributed by atoms with E-state index >= 15 is 0 Å². The van der Waals surface area contributed by atoms with Gasteiger partial charge in [-0.05, 0) is 50.6 Å². The Labute approximate surface area is 178 Å². The fourth-order valence-corrected chi connectivity index (χ4v) is 3.47. The zero-order valence-electron chi connectivity index (χ0n) is 17.0. The first kappa shape index (κ1) is 22.4. The standard InChI is InChI=1S/C20H23ClF3N5O/c1-19(2,3)29-8-6-28(7-9-29)17(30)10-14-5-4-13(12-25-14)15-11-16(20(22,23)24)27-18(21)26-15/h4-5,11-12H,6-10H2,1-3H3. The summed E-state index contributed by atoms with van der Waals surface area (Å²) in [6, 6.07) is 4.01. The highest BCUT2D eigenvalue weighted by Gasteiger charge is 2.33. The van der Waals surface area contributed by atoms with Crippen LogP contribution in [-0.4, -0.2) is 62.4 Å². The highest BCUT2D eigenvalue weighted by Crippen LogP contribution is 2.31. The molecule has 3 rings (SSSR count). The number of rotatable bonds is 3. The van der Waals surface area contributed by atoms with Crippen molar-refractivity contribution in [2.45, 2.75) is 38.9 Å². The summed E-state index contributed by atoms with van der Waals surface area (Å²) in [5.41, 5.74) is -0.127. The van der Waals surface area contributed by atoms with Gasteiger partial charge in [0.2, 0.25) is 11.2 Å². The van der Waals surface area contributed by atoms with Gasteiger partial charge < -0.3 is 4.90 Å². The van der Waals surface area contributed by atoms with Crippen LogP contribution in [0.25, 0.3) is 11.3 Å². The lowest BCUT2D eigenvalue weighted by molar-refractivity contribution is -0.141. The van der Waals surface area contributed by atoms with E-state index in [1.54, 1.807) is 12.1 Å². The predicted molar refractivity (Wildman–Crippen MR) is 107 cm³/mol. The fourth-order valence-electron chi connectivity index (χ4n) is 3.28. The molecule has 2 aromatic rings. The number of alkyl halides is 3. The van der Waals surface area contributed by atoms with Crippen molar-refractivity contribution in [3.63, 3.8) is 0 Å². The van der Waals surface area contributed by atoms with Gasteiger partial charge in [0.15, 0.2) is 0 Å². The minimum atomic E-state index is -4.63. The fraction of sp³-hybridized carbons (Fsp3) is 0.500. The third-order valence-corrected chi connectivity index (χ3v) is 5.19. The summed E-state index contributed by atoms with van der Waals surface area (Å²) in [5.74, 6) is -0.0201. The Hall–Kier alpha value is -2.26. The minimum absolute atomic E-state index is 0.0194. The van der Waals surface area contributed by atoms with Gasteiger partial charge in [-0.25, -0.2) is 9.97 Å². The van der Waals surface area contributed by atoms with Crippen molar-refractivity contribution < 1.29 is 18.0 Å². The lowest BCUT2D eigenvalue weighted by Crippen LogP contribution is -2.54. The van der Waals surface area contributed by atoms with Crippen LogP contribution in [0.1, 0.15) is 32.2 Å². The van der Waals surface area contributed by atoms with Crippen LogP contribution in [0, 0.1) is 0 Å². The number of halogens is 4. The quantitative estimate of drug-likeness (QED) is 0.680. The highest BCUT2D eigenvalue weighted by atomic mass is 35.5. The molecule has 1 aliphatic heterocycles. The Morgan fingerprint density at radius 1 is 1.10 bits per heavy atom. The molecule has 1 saturated heterocycles. The van der Waals surface area contributed by atoms with E-state index in [-0.39, 0.29) is 23.6 Å². The van der Waals surface area contributed by atoms with E-state index in [1.807, 2.05) is 4.90 Å². The van der Waals surface area contributed by atoms with E-state index in [1.165, 1.54) is 6.20 Å². The first-order valence-electron chi connectivity index (χ1n) is 9.53. The zero-order valence-corrected chi connectivity index (χ0v) is 17.8. The molecule has 1 amide bonds. The second kappa shape index (κ2) is 8.47. The van der Waals surface area contributed by atoms with Crippen LogP contribution in [0.15, 0.2) is 24.4 Å². The summed E-state index contributed by atoms with van der Waals surface area (Å²) in [7, 11) is 0. The summed E-state index contributed by atoms with van der Waals surface area (Å²) in [6.45, 7) is 9.41. The van der Waals surface area contributed by atoms with Crippen molar-refractivity contribution in [3.05, 3.63) is 41.1 Å². The summed E-state index contributed by atoms with van der Waals surface area (Å²) >= 11 is 5.63. The van der Waals surface area contributed by atoms with E-state index in [2.05, 4.69) is 40.6 Å². The molecule has 0 N–H and O–H groups in total. The van der Waals surface area contributed by atoms with Gasteiger partial charge in [0.25, 0.3) is 0 Å². The molecule has 1 aliphatic rings. The van der Waals surface area contributed by atoms with Crippen LogP contribution < -0.4 is 0 Å². The van der Waals surface area contributed by atoms with E-state index in [0.29, 0.717) is 24.3 Å². The first-order chi connectivity index (χ1) is 13.9.